The summed E-state index contributed by atoms with van der Waals surface area (Å²) in [5.41, 5.74) is 2.90. The summed E-state index contributed by atoms with van der Waals surface area (Å²) in [6.45, 7) is 2.41. The molecule has 2 amide bonds. The minimum atomic E-state index is -0.208. The lowest BCUT2D eigenvalue weighted by atomic mass is 10.1. The lowest BCUT2D eigenvalue weighted by Gasteiger charge is -2.08. The van der Waals surface area contributed by atoms with Crippen molar-refractivity contribution >= 4 is 29.1 Å². The van der Waals surface area contributed by atoms with Gasteiger partial charge in [0, 0.05) is 40.5 Å². The van der Waals surface area contributed by atoms with Crippen molar-refractivity contribution in [2.75, 3.05) is 5.32 Å². The molecular weight excluding hydrogens is 388 g/mol. The Morgan fingerprint density at radius 1 is 1.21 bits per heavy atom. The van der Waals surface area contributed by atoms with Crippen LogP contribution < -0.4 is 10.6 Å². The Bertz CT molecular complexity index is 1040. The van der Waals surface area contributed by atoms with E-state index in [4.69, 9.17) is 11.6 Å². The molecule has 1 saturated carbocycles. The number of hydrogen-bond acceptors (Lipinski definition) is 3. The zero-order chi connectivity index (χ0) is 20.4. The van der Waals surface area contributed by atoms with Crippen LogP contribution in [0.3, 0.4) is 0 Å². The lowest BCUT2D eigenvalue weighted by molar-refractivity contribution is -0.117. The van der Waals surface area contributed by atoms with Gasteiger partial charge in [0.2, 0.25) is 5.91 Å². The molecule has 0 aliphatic heterocycles. The Balaban J connectivity index is 1.35. The quantitative estimate of drug-likeness (QED) is 0.646. The van der Waals surface area contributed by atoms with E-state index in [1.54, 1.807) is 47.3 Å². The molecule has 1 fully saturated rings. The molecule has 6 nitrogen and oxygen atoms in total. The van der Waals surface area contributed by atoms with Crippen molar-refractivity contribution in [3.8, 4) is 5.69 Å². The minimum absolute atomic E-state index is 0.0182. The summed E-state index contributed by atoms with van der Waals surface area (Å²) in [4.78, 5) is 24.6. The second-order valence-electron chi connectivity index (χ2n) is 7.34. The van der Waals surface area contributed by atoms with Gasteiger partial charge in [-0.2, -0.15) is 5.10 Å². The van der Waals surface area contributed by atoms with Gasteiger partial charge < -0.3 is 10.6 Å². The van der Waals surface area contributed by atoms with Crippen molar-refractivity contribution in [3.05, 3.63) is 77.1 Å². The van der Waals surface area contributed by atoms with Gasteiger partial charge in [0.05, 0.1) is 11.9 Å². The molecule has 2 N–H and O–H groups in total. The fraction of sp³-hybridized carbons (Fsp3) is 0.227. The smallest absolute Gasteiger partial charge is 0.251 e. The van der Waals surface area contributed by atoms with Crippen LogP contribution in [0.4, 0.5) is 5.69 Å². The predicted molar refractivity (Wildman–Crippen MR) is 112 cm³/mol. The highest BCUT2D eigenvalue weighted by Crippen LogP contribution is 2.38. The van der Waals surface area contributed by atoms with Crippen molar-refractivity contribution in [1.82, 2.24) is 15.1 Å². The van der Waals surface area contributed by atoms with Crippen molar-refractivity contribution in [1.29, 1.82) is 0 Å². The summed E-state index contributed by atoms with van der Waals surface area (Å²) in [5.74, 6) is 0.338. The van der Waals surface area contributed by atoms with Gasteiger partial charge in [-0.15, -0.1) is 0 Å². The third kappa shape index (κ3) is 4.66. The van der Waals surface area contributed by atoms with E-state index < -0.39 is 0 Å². The van der Waals surface area contributed by atoms with E-state index in [-0.39, 0.29) is 17.7 Å². The number of benzene rings is 2. The number of carbonyl (C=O) groups excluding carboxylic acids is 2. The third-order valence-corrected chi connectivity index (χ3v) is 5.27. The average Bonchev–Trinajstić information content (AvgIpc) is 3.27. The predicted octanol–water partition coefficient (Wildman–Crippen LogP) is 4.05. The van der Waals surface area contributed by atoms with Crippen LogP contribution in [0.15, 0.2) is 60.9 Å². The van der Waals surface area contributed by atoms with Gasteiger partial charge in [0.1, 0.15) is 0 Å². The van der Waals surface area contributed by atoms with E-state index in [1.165, 1.54) is 0 Å². The Labute approximate surface area is 173 Å². The first-order valence-corrected chi connectivity index (χ1v) is 9.86. The lowest BCUT2D eigenvalue weighted by Crippen LogP contribution is -2.23. The van der Waals surface area contributed by atoms with Gasteiger partial charge >= 0.3 is 0 Å². The van der Waals surface area contributed by atoms with Crippen molar-refractivity contribution in [3.63, 3.8) is 0 Å². The number of amides is 2. The van der Waals surface area contributed by atoms with E-state index in [9.17, 15) is 9.59 Å². The second kappa shape index (κ2) is 8.09. The number of anilines is 1. The van der Waals surface area contributed by atoms with Crippen LogP contribution in [-0.4, -0.2) is 21.6 Å². The number of nitrogens with zero attached hydrogens (tertiary/aromatic N) is 2. The molecular formula is C22H21ClN4O2. The molecule has 2 atom stereocenters. The molecule has 2 unspecified atom stereocenters. The summed E-state index contributed by atoms with van der Waals surface area (Å²) in [6, 6.07) is 14.3. The zero-order valence-corrected chi connectivity index (χ0v) is 16.7. The third-order valence-electron chi connectivity index (χ3n) is 5.02. The van der Waals surface area contributed by atoms with E-state index in [2.05, 4.69) is 22.7 Å². The molecule has 3 aromatic rings. The molecule has 1 heterocycles. The van der Waals surface area contributed by atoms with Gasteiger partial charge in [-0.25, -0.2) is 4.68 Å². The molecule has 1 aliphatic carbocycles. The fourth-order valence-corrected chi connectivity index (χ4v) is 3.26. The molecule has 0 saturated heterocycles. The molecule has 4 rings (SSSR count). The van der Waals surface area contributed by atoms with Crippen LogP contribution in [0.25, 0.3) is 5.69 Å². The highest BCUT2D eigenvalue weighted by atomic mass is 35.5. The number of rotatable bonds is 6. The summed E-state index contributed by atoms with van der Waals surface area (Å²) in [5, 5.41) is 10.8. The van der Waals surface area contributed by atoms with Crippen molar-refractivity contribution in [2.45, 2.75) is 19.9 Å². The highest BCUT2D eigenvalue weighted by Gasteiger charge is 2.39. The fourth-order valence-electron chi connectivity index (χ4n) is 3.13. The van der Waals surface area contributed by atoms with Crippen LogP contribution in [0.2, 0.25) is 5.02 Å². The zero-order valence-electron chi connectivity index (χ0n) is 15.9. The van der Waals surface area contributed by atoms with E-state index >= 15 is 0 Å². The molecule has 0 radical (unpaired) electrons. The maximum atomic E-state index is 12.5. The average molecular weight is 409 g/mol. The molecule has 29 heavy (non-hydrogen) atoms. The van der Waals surface area contributed by atoms with Crippen LogP contribution in [0.1, 0.15) is 29.3 Å². The first-order chi connectivity index (χ1) is 14.0. The number of hydrogen-bond donors (Lipinski definition) is 2. The molecule has 0 spiro atoms. The summed E-state index contributed by atoms with van der Waals surface area (Å²) >= 11 is 5.91. The van der Waals surface area contributed by atoms with Crippen LogP contribution >= 0.6 is 11.6 Å². The van der Waals surface area contributed by atoms with E-state index in [0.29, 0.717) is 28.7 Å². The van der Waals surface area contributed by atoms with E-state index in [0.717, 1.165) is 17.7 Å². The highest BCUT2D eigenvalue weighted by molar-refractivity contribution is 6.30. The minimum Gasteiger partial charge on any atom is -0.348 e. The van der Waals surface area contributed by atoms with Gasteiger partial charge in [-0.05, 0) is 54.8 Å². The molecule has 7 heteroatoms. The SMILES string of the molecule is CC1CC1C(=O)Nc1cccc(C(=O)NCc2cnn(-c3ccc(Cl)cc3)c2)c1. The van der Waals surface area contributed by atoms with Gasteiger partial charge in [-0.3, -0.25) is 9.59 Å². The molecule has 148 valence electrons. The Hall–Kier alpha value is -3.12. The number of carbonyl (C=O) groups is 2. The van der Waals surface area contributed by atoms with Gasteiger partial charge in [0.25, 0.3) is 5.91 Å². The number of aromatic nitrogens is 2. The molecule has 1 aromatic heterocycles. The molecule has 1 aliphatic rings. The van der Waals surface area contributed by atoms with Gasteiger partial charge in [0.15, 0.2) is 0 Å². The Kier molecular flexibility index (Phi) is 5.36. The topological polar surface area (TPSA) is 76.0 Å². The number of nitrogens with one attached hydrogen (secondary N) is 2. The summed E-state index contributed by atoms with van der Waals surface area (Å²) in [6.07, 6.45) is 4.50. The maximum absolute atomic E-state index is 12.5. The first-order valence-electron chi connectivity index (χ1n) is 9.48. The van der Waals surface area contributed by atoms with Crippen LogP contribution in [-0.2, 0) is 11.3 Å². The van der Waals surface area contributed by atoms with Crippen LogP contribution in [0, 0.1) is 11.8 Å². The summed E-state index contributed by atoms with van der Waals surface area (Å²) in [7, 11) is 0. The maximum Gasteiger partial charge on any atom is 0.251 e. The summed E-state index contributed by atoms with van der Waals surface area (Å²) < 4.78 is 1.73. The molecule has 0 bridgehead atoms. The normalized spacial score (nSPS) is 17.6. The van der Waals surface area contributed by atoms with Crippen LogP contribution in [0.5, 0.6) is 0 Å². The largest absolute Gasteiger partial charge is 0.348 e. The molecule has 2 aromatic carbocycles. The van der Waals surface area contributed by atoms with Gasteiger partial charge in [-0.1, -0.05) is 24.6 Å². The Morgan fingerprint density at radius 2 is 1.97 bits per heavy atom. The standard InChI is InChI=1S/C22H21ClN4O2/c1-14-9-20(14)22(29)26-18-4-2-3-16(10-18)21(28)24-11-15-12-25-27(13-15)19-7-5-17(23)6-8-19/h2-8,10,12-14,20H,9,11H2,1H3,(H,24,28)(H,26,29). The van der Waals surface area contributed by atoms with Crippen molar-refractivity contribution < 1.29 is 9.59 Å². The Morgan fingerprint density at radius 3 is 2.69 bits per heavy atom. The monoisotopic (exact) mass is 408 g/mol. The number of halogens is 1. The first kappa shape index (κ1) is 19.2. The van der Waals surface area contributed by atoms with Crippen molar-refractivity contribution in [2.24, 2.45) is 11.8 Å². The second-order valence-corrected chi connectivity index (χ2v) is 7.78. The van der Waals surface area contributed by atoms with E-state index in [1.807, 2.05) is 18.3 Å².